The zero-order valence-corrected chi connectivity index (χ0v) is 17.4. The lowest BCUT2D eigenvalue weighted by Crippen LogP contribution is -2.20. The Bertz CT molecular complexity index is 1020. The fourth-order valence-corrected chi connectivity index (χ4v) is 2.97. The van der Waals surface area contributed by atoms with Crippen LogP contribution in [-0.4, -0.2) is 46.2 Å². The summed E-state index contributed by atoms with van der Waals surface area (Å²) < 4.78 is 5.22. The summed E-state index contributed by atoms with van der Waals surface area (Å²) >= 11 is 0. The SMILES string of the molecule is COc1cccc(NC(=O)c2ccc(-c3cccc(N(C)C)c3)nc2N(C)C)c1. The number of carbonyl (C=O) groups is 1. The first-order valence-corrected chi connectivity index (χ1v) is 9.30. The predicted molar refractivity (Wildman–Crippen MR) is 119 cm³/mol. The number of hydrogen-bond donors (Lipinski definition) is 1. The van der Waals surface area contributed by atoms with Crippen molar-refractivity contribution in [3.63, 3.8) is 0 Å². The van der Waals surface area contributed by atoms with Gasteiger partial charge in [-0.25, -0.2) is 4.98 Å². The van der Waals surface area contributed by atoms with Crippen molar-refractivity contribution in [3.05, 3.63) is 66.2 Å². The van der Waals surface area contributed by atoms with Crippen molar-refractivity contribution in [2.24, 2.45) is 0 Å². The number of nitrogens with zero attached hydrogens (tertiary/aromatic N) is 3. The second-order valence-corrected chi connectivity index (χ2v) is 7.09. The second-order valence-electron chi connectivity index (χ2n) is 7.09. The van der Waals surface area contributed by atoms with E-state index < -0.39 is 0 Å². The van der Waals surface area contributed by atoms with Gasteiger partial charge in [-0.15, -0.1) is 0 Å². The first-order chi connectivity index (χ1) is 13.9. The van der Waals surface area contributed by atoms with Crippen molar-refractivity contribution < 1.29 is 9.53 Å². The number of amides is 1. The molecule has 1 N–H and O–H groups in total. The monoisotopic (exact) mass is 390 g/mol. The molecule has 0 radical (unpaired) electrons. The van der Waals surface area contributed by atoms with Crippen LogP contribution in [0.1, 0.15) is 10.4 Å². The minimum Gasteiger partial charge on any atom is -0.497 e. The highest BCUT2D eigenvalue weighted by Crippen LogP contribution is 2.27. The van der Waals surface area contributed by atoms with Gasteiger partial charge in [0.05, 0.1) is 18.4 Å². The van der Waals surface area contributed by atoms with Gasteiger partial charge >= 0.3 is 0 Å². The molecular formula is C23H26N4O2. The molecule has 0 fully saturated rings. The maximum Gasteiger partial charge on any atom is 0.259 e. The lowest BCUT2D eigenvalue weighted by molar-refractivity contribution is 0.102. The number of rotatable bonds is 6. The van der Waals surface area contributed by atoms with Gasteiger partial charge in [0, 0.05) is 51.2 Å². The van der Waals surface area contributed by atoms with Crippen LogP contribution in [0.4, 0.5) is 17.2 Å². The summed E-state index contributed by atoms with van der Waals surface area (Å²) in [7, 11) is 9.36. The molecule has 150 valence electrons. The highest BCUT2D eigenvalue weighted by molar-refractivity contribution is 6.07. The van der Waals surface area contributed by atoms with Crippen LogP contribution in [0.15, 0.2) is 60.7 Å². The van der Waals surface area contributed by atoms with Gasteiger partial charge in [0.2, 0.25) is 0 Å². The van der Waals surface area contributed by atoms with Crippen LogP contribution in [0.3, 0.4) is 0 Å². The Morgan fingerprint density at radius 2 is 1.69 bits per heavy atom. The van der Waals surface area contributed by atoms with Crippen molar-refractivity contribution in [2.75, 3.05) is 50.4 Å². The number of aromatic nitrogens is 1. The molecule has 0 bridgehead atoms. The van der Waals surface area contributed by atoms with Crippen LogP contribution in [0.2, 0.25) is 0 Å². The van der Waals surface area contributed by atoms with Crippen LogP contribution in [-0.2, 0) is 0 Å². The van der Waals surface area contributed by atoms with Gasteiger partial charge in [0.25, 0.3) is 5.91 Å². The highest BCUT2D eigenvalue weighted by atomic mass is 16.5. The largest absolute Gasteiger partial charge is 0.497 e. The Morgan fingerprint density at radius 1 is 0.931 bits per heavy atom. The van der Waals surface area contributed by atoms with Gasteiger partial charge in [-0.2, -0.15) is 0 Å². The first-order valence-electron chi connectivity index (χ1n) is 9.30. The van der Waals surface area contributed by atoms with E-state index in [9.17, 15) is 4.79 Å². The standard InChI is InChI=1S/C23H26N4O2/c1-26(2)18-10-6-8-16(14-18)21-13-12-20(22(25-21)27(3)4)23(28)24-17-9-7-11-19(15-17)29-5/h6-15H,1-5H3,(H,24,28). The van der Waals surface area contributed by atoms with Gasteiger partial charge in [-0.3, -0.25) is 4.79 Å². The van der Waals surface area contributed by atoms with Crippen molar-refractivity contribution in [3.8, 4) is 17.0 Å². The zero-order chi connectivity index (χ0) is 21.0. The molecule has 6 heteroatoms. The summed E-state index contributed by atoms with van der Waals surface area (Å²) in [5.74, 6) is 1.08. The first kappa shape index (κ1) is 20.2. The molecule has 0 unspecified atom stereocenters. The fourth-order valence-electron chi connectivity index (χ4n) is 2.97. The molecule has 0 aliphatic rings. The Kier molecular flexibility index (Phi) is 6.02. The molecule has 0 aliphatic carbocycles. The maximum absolute atomic E-state index is 12.9. The Balaban J connectivity index is 1.93. The Labute approximate surface area is 171 Å². The van der Waals surface area contributed by atoms with E-state index in [2.05, 4.69) is 11.4 Å². The average Bonchev–Trinajstić information content (AvgIpc) is 2.73. The van der Waals surface area contributed by atoms with E-state index >= 15 is 0 Å². The van der Waals surface area contributed by atoms with E-state index in [1.165, 1.54) is 0 Å². The minimum atomic E-state index is -0.219. The third kappa shape index (κ3) is 4.66. The van der Waals surface area contributed by atoms with Crippen LogP contribution in [0.5, 0.6) is 5.75 Å². The molecule has 0 aliphatic heterocycles. The molecule has 6 nitrogen and oxygen atoms in total. The van der Waals surface area contributed by atoms with Crippen molar-refractivity contribution in [1.29, 1.82) is 0 Å². The van der Waals surface area contributed by atoms with E-state index in [-0.39, 0.29) is 5.91 Å². The van der Waals surface area contributed by atoms with Gasteiger partial charge < -0.3 is 19.9 Å². The molecular weight excluding hydrogens is 364 g/mol. The molecule has 0 atom stereocenters. The molecule has 0 saturated heterocycles. The number of pyridine rings is 1. The number of carbonyl (C=O) groups excluding carboxylic acids is 1. The Morgan fingerprint density at radius 3 is 2.38 bits per heavy atom. The van der Waals surface area contributed by atoms with Crippen LogP contribution in [0, 0.1) is 0 Å². The van der Waals surface area contributed by atoms with E-state index in [0.29, 0.717) is 22.8 Å². The summed E-state index contributed by atoms with van der Waals surface area (Å²) in [6.07, 6.45) is 0. The molecule has 1 heterocycles. The minimum absolute atomic E-state index is 0.219. The topological polar surface area (TPSA) is 57.7 Å². The molecule has 1 amide bonds. The molecule has 3 rings (SSSR count). The molecule has 3 aromatic rings. The van der Waals surface area contributed by atoms with E-state index in [1.807, 2.05) is 86.5 Å². The summed E-state index contributed by atoms with van der Waals surface area (Å²) in [6, 6.07) is 19.1. The van der Waals surface area contributed by atoms with Crippen LogP contribution < -0.4 is 19.9 Å². The van der Waals surface area contributed by atoms with Crippen molar-refractivity contribution in [1.82, 2.24) is 4.98 Å². The van der Waals surface area contributed by atoms with Gasteiger partial charge in [0.1, 0.15) is 11.6 Å². The van der Waals surface area contributed by atoms with Crippen LogP contribution >= 0.6 is 0 Å². The summed E-state index contributed by atoms with van der Waals surface area (Å²) in [5, 5.41) is 2.92. The summed E-state index contributed by atoms with van der Waals surface area (Å²) in [6.45, 7) is 0. The second kappa shape index (κ2) is 8.65. The molecule has 0 spiro atoms. The number of methoxy groups -OCH3 is 1. The van der Waals surface area contributed by atoms with E-state index in [0.717, 1.165) is 16.9 Å². The fraction of sp³-hybridized carbons (Fsp3) is 0.217. The number of nitrogens with one attached hydrogen (secondary N) is 1. The lowest BCUT2D eigenvalue weighted by atomic mass is 10.1. The van der Waals surface area contributed by atoms with E-state index in [4.69, 9.17) is 9.72 Å². The molecule has 0 saturated carbocycles. The molecule has 1 aromatic heterocycles. The Hall–Kier alpha value is -3.54. The van der Waals surface area contributed by atoms with Gasteiger partial charge in [0.15, 0.2) is 0 Å². The van der Waals surface area contributed by atoms with E-state index in [1.54, 1.807) is 13.2 Å². The summed E-state index contributed by atoms with van der Waals surface area (Å²) in [4.78, 5) is 21.6. The maximum atomic E-state index is 12.9. The number of hydrogen-bond acceptors (Lipinski definition) is 5. The van der Waals surface area contributed by atoms with Crippen molar-refractivity contribution in [2.45, 2.75) is 0 Å². The smallest absolute Gasteiger partial charge is 0.259 e. The van der Waals surface area contributed by atoms with Crippen LogP contribution in [0.25, 0.3) is 11.3 Å². The predicted octanol–water partition coefficient (Wildman–Crippen LogP) is 4.14. The summed E-state index contributed by atoms with van der Waals surface area (Å²) in [5.41, 5.74) is 4.08. The third-order valence-electron chi connectivity index (χ3n) is 4.53. The molecule has 29 heavy (non-hydrogen) atoms. The number of anilines is 3. The number of ether oxygens (including phenoxy) is 1. The normalized spacial score (nSPS) is 10.4. The highest BCUT2D eigenvalue weighted by Gasteiger charge is 2.16. The third-order valence-corrected chi connectivity index (χ3v) is 4.53. The number of benzene rings is 2. The lowest BCUT2D eigenvalue weighted by Gasteiger charge is -2.18. The molecule has 2 aromatic carbocycles. The quantitative estimate of drug-likeness (QED) is 0.685. The average molecular weight is 390 g/mol. The zero-order valence-electron chi connectivity index (χ0n) is 17.4. The van der Waals surface area contributed by atoms with Crippen molar-refractivity contribution >= 4 is 23.1 Å². The van der Waals surface area contributed by atoms with Gasteiger partial charge in [-0.1, -0.05) is 18.2 Å². The van der Waals surface area contributed by atoms with Gasteiger partial charge in [-0.05, 0) is 36.4 Å².